The van der Waals surface area contributed by atoms with Gasteiger partial charge in [0.05, 0.1) is 11.4 Å². The largest absolute Gasteiger partial charge is 0.332 e. The van der Waals surface area contributed by atoms with Gasteiger partial charge in [0.1, 0.15) is 11.6 Å². The van der Waals surface area contributed by atoms with Gasteiger partial charge in [-0.05, 0) is 54.3 Å². The topological polar surface area (TPSA) is 70.7 Å². The van der Waals surface area contributed by atoms with Crippen molar-refractivity contribution in [3.8, 4) is 22.5 Å². The van der Waals surface area contributed by atoms with Crippen LogP contribution in [0, 0.1) is 5.82 Å². The van der Waals surface area contributed by atoms with Crippen molar-refractivity contribution in [3.05, 3.63) is 90.4 Å². The number of nitrogens with one attached hydrogen (secondary N) is 2. The maximum Gasteiger partial charge on any atom is 0.249 e. The molecule has 31 heavy (non-hydrogen) atoms. The Kier molecular flexibility index (Phi) is 6.24. The molecule has 0 atom stereocenters. The molecule has 0 fully saturated rings. The Morgan fingerprint density at radius 2 is 1.84 bits per heavy atom. The Morgan fingerprint density at radius 3 is 2.58 bits per heavy atom. The second-order valence-electron chi connectivity index (χ2n) is 6.64. The molecule has 0 aliphatic carbocycles. The van der Waals surface area contributed by atoms with Crippen molar-refractivity contribution in [1.29, 1.82) is 0 Å². The molecule has 2 heterocycles. The van der Waals surface area contributed by atoms with Crippen molar-refractivity contribution in [2.45, 2.75) is 5.16 Å². The second kappa shape index (κ2) is 9.40. The smallest absolute Gasteiger partial charge is 0.249 e. The van der Waals surface area contributed by atoms with E-state index in [1.54, 1.807) is 30.5 Å². The number of imidazole rings is 1. The van der Waals surface area contributed by atoms with Gasteiger partial charge in [-0.2, -0.15) is 0 Å². The lowest BCUT2D eigenvalue weighted by Crippen LogP contribution is -2.09. The van der Waals surface area contributed by atoms with Crippen LogP contribution in [0.1, 0.15) is 5.56 Å². The number of halogens is 1. The predicted octanol–water partition coefficient (Wildman–Crippen LogP) is 5.65. The maximum atomic E-state index is 13.4. The van der Waals surface area contributed by atoms with Crippen LogP contribution in [0.5, 0.6) is 0 Å². The minimum absolute atomic E-state index is 0.279. The van der Waals surface area contributed by atoms with Crippen LogP contribution in [0.2, 0.25) is 0 Å². The zero-order chi connectivity index (χ0) is 21.6. The van der Waals surface area contributed by atoms with E-state index in [-0.39, 0.29) is 11.7 Å². The van der Waals surface area contributed by atoms with Crippen molar-refractivity contribution >= 4 is 29.6 Å². The number of benzene rings is 2. The SMILES string of the molecule is CSc1nc(-c2ccnc(NC(=O)/C=C\c3ccccc3)c2)c(-c2ccc(F)cc2)[nH]1. The quantitative estimate of drug-likeness (QED) is 0.306. The van der Waals surface area contributed by atoms with E-state index in [1.807, 2.05) is 42.7 Å². The molecule has 0 bridgehead atoms. The van der Waals surface area contributed by atoms with Crippen molar-refractivity contribution in [3.63, 3.8) is 0 Å². The third-order valence-electron chi connectivity index (χ3n) is 4.52. The summed E-state index contributed by atoms with van der Waals surface area (Å²) in [6, 6.07) is 19.4. The fraction of sp³-hybridized carbons (Fsp3) is 0.0417. The Balaban J connectivity index is 1.60. The number of nitrogens with zero attached hydrogens (tertiary/aromatic N) is 2. The third-order valence-corrected chi connectivity index (χ3v) is 5.10. The highest BCUT2D eigenvalue weighted by Crippen LogP contribution is 2.33. The number of hydrogen-bond acceptors (Lipinski definition) is 4. The van der Waals surface area contributed by atoms with E-state index in [4.69, 9.17) is 0 Å². The molecule has 0 saturated carbocycles. The number of H-pyrrole nitrogens is 1. The highest BCUT2D eigenvalue weighted by molar-refractivity contribution is 7.98. The molecular weight excluding hydrogens is 411 g/mol. The summed E-state index contributed by atoms with van der Waals surface area (Å²) in [4.78, 5) is 24.5. The van der Waals surface area contributed by atoms with E-state index >= 15 is 0 Å². The maximum absolute atomic E-state index is 13.4. The number of aromatic amines is 1. The van der Waals surface area contributed by atoms with Crippen LogP contribution in [0.15, 0.2) is 84.2 Å². The van der Waals surface area contributed by atoms with Crippen molar-refractivity contribution in [2.75, 3.05) is 11.6 Å². The summed E-state index contributed by atoms with van der Waals surface area (Å²) < 4.78 is 13.4. The Morgan fingerprint density at radius 1 is 1.06 bits per heavy atom. The van der Waals surface area contributed by atoms with Gasteiger partial charge in [-0.25, -0.2) is 14.4 Å². The number of amides is 1. The molecule has 4 rings (SSSR count). The minimum Gasteiger partial charge on any atom is -0.332 e. The van der Waals surface area contributed by atoms with Crippen LogP contribution in [0.25, 0.3) is 28.6 Å². The van der Waals surface area contributed by atoms with Gasteiger partial charge < -0.3 is 10.3 Å². The van der Waals surface area contributed by atoms with Crippen LogP contribution in [0.4, 0.5) is 10.2 Å². The summed E-state index contributed by atoms with van der Waals surface area (Å²) in [6.45, 7) is 0. The van der Waals surface area contributed by atoms with Gasteiger partial charge in [0.25, 0.3) is 0 Å². The molecule has 2 aromatic heterocycles. The van der Waals surface area contributed by atoms with Crippen molar-refractivity contribution in [1.82, 2.24) is 15.0 Å². The van der Waals surface area contributed by atoms with E-state index in [9.17, 15) is 9.18 Å². The monoisotopic (exact) mass is 430 g/mol. The summed E-state index contributed by atoms with van der Waals surface area (Å²) in [7, 11) is 0. The summed E-state index contributed by atoms with van der Waals surface area (Å²) >= 11 is 1.48. The van der Waals surface area contributed by atoms with Gasteiger partial charge >= 0.3 is 0 Å². The van der Waals surface area contributed by atoms with Gasteiger partial charge in [-0.1, -0.05) is 42.1 Å². The molecule has 0 aliphatic heterocycles. The van der Waals surface area contributed by atoms with Crippen LogP contribution in [-0.2, 0) is 4.79 Å². The summed E-state index contributed by atoms with van der Waals surface area (Å²) in [6.07, 6.45) is 6.75. The zero-order valence-corrected chi connectivity index (χ0v) is 17.5. The molecule has 2 aromatic carbocycles. The van der Waals surface area contributed by atoms with E-state index in [0.29, 0.717) is 11.5 Å². The fourth-order valence-corrected chi connectivity index (χ4v) is 3.42. The average molecular weight is 431 g/mol. The standard InChI is InChI=1S/C24H19FN4OS/c1-31-24-28-22(17-8-10-19(25)11-9-17)23(29-24)18-13-14-26-20(15-18)27-21(30)12-7-16-5-3-2-4-6-16/h2-15H,1H3,(H,28,29)(H,26,27,30)/b12-7-. The minimum atomic E-state index is -0.299. The van der Waals surface area contributed by atoms with Gasteiger partial charge in [0.2, 0.25) is 5.91 Å². The number of hydrogen-bond donors (Lipinski definition) is 2. The molecule has 2 N–H and O–H groups in total. The molecule has 0 saturated heterocycles. The molecule has 154 valence electrons. The lowest BCUT2D eigenvalue weighted by molar-refractivity contribution is -0.111. The highest BCUT2D eigenvalue weighted by Gasteiger charge is 2.15. The molecular formula is C24H19FN4OS. The number of anilines is 1. The van der Waals surface area contributed by atoms with E-state index in [0.717, 1.165) is 27.5 Å². The number of pyridine rings is 1. The van der Waals surface area contributed by atoms with Crippen LogP contribution < -0.4 is 5.32 Å². The van der Waals surface area contributed by atoms with Crippen LogP contribution in [-0.4, -0.2) is 27.1 Å². The number of rotatable bonds is 6. The first-order chi connectivity index (χ1) is 15.1. The number of carbonyl (C=O) groups excluding carboxylic acids is 1. The first-order valence-corrected chi connectivity index (χ1v) is 10.8. The zero-order valence-electron chi connectivity index (χ0n) is 16.7. The van der Waals surface area contributed by atoms with Crippen molar-refractivity contribution < 1.29 is 9.18 Å². The van der Waals surface area contributed by atoms with E-state index < -0.39 is 0 Å². The Bertz CT molecular complexity index is 1220. The molecule has 5 nitrogen and oxygen atoms in total. The predicted molar refractivity (Wildman–Crippen MR) is 123 cm³/mol. The van der Waals surface area contributed by atoms with Gasteiger partial charge in [-0.15, -0.1) is 0 Å². The average Bonchev–Trinajstić information content (AvgIpc) is 3.24. The first kappa shape index (κ1) is 20.6. The highest BCUT2D eigenvalue weighted by atomic mass is 32.2. The molecule has 0 aliphatic rings. The number of carbonyl (C=O) groups is 1. The van der Waals surface area contributed by atoms with Crippen molar-refractivity contribution in [2.24, 2.45) is 0 Å². The summed E-state index contributed by atoms with van der Waals surface area (Å²) in [5, 5.41) is 3.52. The molecule has 0 unspecified atom stereocenters. The molecule has 0 radical (unpaired) electrons. The Labute approximate surface area is 183 Å². The second-order valence-corrected chi connectivity index (χ2v) is 7.43. The first-order valence-electron chi connectivity index (χ1n) is 9.53. The molecule has 0 spiro atoms. The van der Waals surface area contributed by atoms with Gasteiger partial charge in [-0.3, -0.25) is 4.79 Å². The summed E-state index contributed by atoms with van der Waals surface area (Å²) in [5.74, 6) is -0.162. The fourth-order valence-electron chi connectivity index (χ4n) is 3.03. The van der Waals surface area contributed by atoms with Gasteiger partial charge in [0.15, 0.2) is 5.16 Å². The van der Waals surface area contributed by atoms with Gasteiger partial charge in [0, 0.05) is 23.4 Å². The summed E-state index contributed by atoms with van der Waals surface area (Å²) in [5.41, 5.74) is 4.01. The molecule has 7 heteroatoms. The third kappa shape index (κ3) is 5.07. The normalized spacial score (nSPS) is 11.0. The number of thioether (sulfide) groups is 1. The lowest BCUT2D eigenvalue weighted by Gasteiger charge is -2.06. The molecule has 1 amide bonds. The van der Waals surface area contributed by atoms with Crippen LogP contribution >= 0.6 is 11.8 Å². The van der Waals surface area contributed by atoms with E-state index in [1.165, 1.54) is 30.0 Å². The number of aromatic nitrogens is 3. The molecule has 4 aromatic rings. The van der Waals surface area contributed by atoms with Crippen LogP contribution in [0.3, 0.4) is 0 Å². The Hall–Kier alpha value is -3.71. The lowest BCUT2D eigenvalue weighted by atomic mass is 10.1. The van der Waals surface area contributed by atoms with E-state index in [2.05, 4.69) is 20.3 Å².